The lowest BCUT2D eigenvalue weighted by atomic mass is 10.1. The Morgan fingerprint density at radius 2 is 1.09 bits per heavy atom. The van der Waals surface area contributed by atoms with Crippen LogP contribution in [0.3, 0.4) is 0 Å². The van der Waals surface area contributed by atoms with Crippen molar-refractivity contribution in [2.24, 2.45) is 0 Å². The van der Waals surface area contributed by atoms with E-state index in [1.807, 2.05) is 27.7 Å². The van der Waals surface area contributed by atoms with Crippen LogP contribution in [0.2, 0.25) is 0 Å². The minimum atomic E-state index is -0.401. The third kappa shape index (κ3) is 6.97. The highest BCUT2D eigenvalue weighted by molar-refractivity contribution is 5.97. The molecule has 178 valence electrons. The summed E-state index contributed by atoms with van der Waals surface area (Å²) in [5, 5.41) is 6.34. The molecule has 32 heavy (non-hydrogen) atoms. The average Bonchev–Trinajstić information content (AvgIpc) is 2.70. The van der Waals surface area contributed by atoms with Gasteiger partial charge in [0.2, 0.25) is 0 Å². The zero-order valence-electron chi connectivity index (χ0n) is 19.3. The highest BCUT2D eigenvalue weighted by Crippen LogP contribution is 2.22. The fourth-order valence-electron chi connectivity index (χ4n) is 2.93. The van der Waals surface area contributed by atoms with Crippen LogP contribution < -0.4 is 10.6 Å². The Morgan fingerprint density at radius 3 is 1.41 bits per heavy atom. The summed E-state index contributed by atoms with van der Waals surface area (Å²) >= 11 is 0. The van der Waals surface area contributed by atoms with E-state index in [1.165, 1.54) is 0 Å². The van der Waals surface area contributed by atoms with Gasteiger partial charge in [-0.25, -0.2) is 19.6 Å². The van der Waals surface area contributed by atoms with E-state index in [-0.39, 0.29) is 24.8 Å². The molecule has 0 fully saturated rings. The Kier molecular flexibility index (Phi) is 12.6. The number of hydrogen-bond donors (Lipinski definition) is 2. The van der Waals surface area contributed by atoms with Crippen molar-refractivity contribution in [2.45, 2.75) is 41.5 Å². The molecule has 8 nitrogen and oxygen atoms in total. The topological polar surface area (TPSA) is 102 Å². The van der Waals surface area contributed by atoms with Gasteiger partial charge < -0.3 is 20.1 Å². The maximum absolute atomic E-state index is 12.4. The van der Waals surface area contributed by atoms with Gasteiger partial charge >= 0.3 is 11.9 Å². The van der Waals surface area contributed by atoms with Crippen LogP contribution in [0.1, 0.15) is 56.8 Å². The molecule has 0 aliphatic rings. The Morgan fingerprint density at radius 1 is 0.750 bits per heavy atom. The molecule has 2 aromatic heterocycles. The number of carbonyl (C=O) groups is 2. The lowest BCUT2D eigenvalue weighted by molar-refractivity contribution is 0.0516. The van der Waals surface area contributed by atoms with Crippen molar-refractivity contribution in [1.82, 2.24) is 9.97 Å². The molecule has 0 bridgehead atoms. The summed E-state index contributed by atoms with van der Waals surface area (Å²) in [6, 6.07) is 0. The summed E-state index contributed by atoms with van der Waals surface area (Å²) in [5.74, 6) is 0.137. The Bertz CT molecular complexity index is 863. The Balaban J connectivity index is 0.00000480. The molecule has 2 rings (SSSR count). The summed E-state index contributed by atoms with van der Waals surface area (Å²) in [6.45, 7) is 12.6. The van der Waals surface area contributed by atoms with Gasteiger partial charge in [-0.2, -0.15) is 0 Å². The van der Waals surface area contributed by atoms with Gasteiger partial charge in [0.15, 0.2) is 0 Å². The summed E-state index contributed by atoms with van der Waals surface area (Å²) in [6.07, 6.45) is 3.44. The molecule has 0 radical (unpaired) electrons. The lowest BCUT2D eigenvalue weighted by Crippen LogP contribution is -2.20. The molecule has 0 aliphatic carbocycles. The SMILES string of the molecule is CCOC(=O)c1c(NCCNc2ncc(C)c(C)c2C(=O)OCC)ncc(C)c1C.Cl.Cl. The number of nitrogens with zero attached hydrogens (tertiary/aromatic N) is 2. The van der Waals surface area contributed by atoms with Gasteiger partial charge in [-0.05, 0) is 63.8 Å². The molecule has 0 saturated carbocycles. The lowest BCUT2D eigenvalue weighted by Gasteiger charge is -2.16. The number of ether oxygens (including phenoxy) is 2. The molecular weight excluding hydrogens is 455 g/mol. The number of halogens is 2. The van der Waals surface area contributed by atoms with Crippen molar-refractivity contribution in [3.05, 3.63) is 45.8 Å². The normalized spacial score (nSPS) is 9.81. The monoisotopic (exact) mass is 486 g/mol. The number of anilines is 2. The first kappa shape index (κ1) is 29.4. The minimum Gasteiger partial charge on any atom is -0.462 e. The van der Waals surface area contributed by atoms with Crippen LogP contribution >= 0.6 is 24.8 Å². The van der Waals surface area contributed by atoms with E-state index in [9.17, 15) is 9.59 Å². The standard InChI is InChI=1S/C22H30N4O4.2ClH/c1-7-29-21(27)17-15(5)13(3)11-25-19(17)23-9-10-24-20-18(22(28)30-8-2)16(6)14(4)12-26-20;;/h11-12H,7-10H2,1-6H3,(H,23,25)(H,24,26);2*1H. The van der Waals surface area contributed by atoms with Crippen LogP contribution in [-0.2, 0) is 9.47 Å². The Labute approximate surface area is 201 Å². The minimum absolute atomic E-state index is 0. The molecule has 0 unspecified atom stereocenters. The van der Waals surface area contributed by atoms with Crippen molar-refractivity contribution >= 4 is 48.4 Å². The second-order valence-corrected chi connectivity index (χ2v) is 6.87. The molecule has 0 aliphatic heterocycles. The number of pyridine rings is 2. The molecule has 0 aromatic carbocycles. The van der Waals surface area contributed by atoms with E-state index < -0.39 is 11.9 Å². The van der Waals surface area contributed by atoms with Crippen LogP contribution in [0.4, 0.5) is 11.6 Å². The van der Waals surface area contributed by atoms with Gasteiger partial charge in [-0.15, -0.1) is 24.8 Å². The van der Waals surface area contributed by atoms with Gasteiger partial charge in [0.05, 0.1) is 13.2 Å². The third-order valence-electron chi connectivity index (χ3n) is 4.85. The van der Waals surface area contributed by atoms with Crippen LogP contribution in [-0.4, -0.2) is 48.2 Å². The zero-order chi connectivity index (χ0) is 22.3. The van der Waals surface area contributed by atoms with Gasteiger partial charge in [0.25, 0.3) is 0 Å². The number of hydrogen-bond acceptors (Lipinski definition) is 8. The third-order valence-corrected chi connectivity index (χ3v) is 4.85. The average molecular weight is 487 g/mol. The van der Waals surface area contributed by atoms with Crippen LogP contribution in [0.15, 0.2) is 12.4 Å². The second-order valence-electron chi connectivity index (χ2n) is 6.87. The predicted octanol–water partition coefficient (Wildman–Crippen LogP) is 4.43. The fraction of sp³-hybridized carbons (Fsp3) is 0.455. The van der Waals surface area contributed by atoms with Gasteiger partial charge in [0.1, 0.15) is 22.8 Å². The molecule has 10 heteroatoms. The number of carbonyl (C=O) groups excluding carboxylic acids is 2. The first-order valence-electron chi connectivity index (χ1n) is 10.1. The molecule has 0 spiro atoms. The molecular formula is C22H32Cl2N4O4. The largest absolute Gasteiger partial charge is 0.462 e. The number of aromatic nitrogens is 2. The summed E-state index contributed by atoms with van der Waals surface area (Å²) in [5.41, 5.74) is 4.38. The van der Waals surface area contributed by atoms with E-state index in [0.29, 0.717) is 49.1 Å². The Hall–Kier alpha value is -2.58. The smallest absolute Gasteiger partial charge is 0.342 e. The maximum Gasteiger partial charge on any atom is 0.342 e. The van der Waals surface area contributed by atoms with Crippen LogP contribution in [0.5, 0.6) is 0 Å². The summed E-state index contributed by atoms with van der Waals surface area (Å²) < 4.78 is 10.3. The van der Waals surface area contributed by atoms with E-state index >= 15 is 0 Å². The molecule has 2 heterocycles. The van der Waals surface area contributed by atoms with Crippen molar-refractivity contribution < 1.29 is 19.1 Å². The van der Waals surface area contributed by atoms with Crippen molar-refractivity contribution in [2.75, 3.05) is 36.9 Å². The highest BCUT2D eigenvalue weighted by Gasteiger charge is 2.20. The number of rotatable bonds is 9. The van der Waals surface area contributed by atoms with Crippen molar-refractivity contribution in [3.63, 3.8) is 0 Å². The number of esters is 2. The zero-order valence-corrected chi connectivity index (χ0v) is 21.0. The molecule has 2 N–H and O–H groups in total. The molecule has 0 saturated heterocycles. The fourth-order valence-corrected chi connectivity index (χ4v) is 2.93. The van der Waals surface area contributed by atoms with Gasteiger partial charge in [-0.3, -0.25) is 0 Å². The van der Waals surface area contributed by atoms with Gasteiger partial charge in [0, 0.05) is 25.5 Å². The second kappa shape index (κ2) is 13.8. The summed E-state index contributed by atoms with van der Waals surface area (Å²) in [4.78, 5) is 33.4. The summed E-state index contributed by atoms with van der Waals surface area (Å²) in [7, 11) is 0. The predicted molar refractivity (Wildman–Crippen MR) is 131 cm³/mol. The van der Waals surface area contributed by atoms with Crippen LogP contribution in [0.25, 0.3) is 0 Å². The molecule has 0 atom stereocenters. The van der Waals surface area contributed by atoms with E-state index in [2.05, 4.69) is 20.6 Å². The van der Waals surface area contributed by atoms with E-state index in [1.54, 1.807) is 26.2 Å². The molecule has 0 amide bonds. The van der Waals surface area contributed by atoms with E-state index in [0.717, 1.165) is 22.3 Å². The quantitative estimate of drug-likeness (QED) is 0.396. The highest BCUT2D eigenvalue weighted by atomic mass is 35.5. The van der Waals surface area contributed by atoms with E-state index in [4.69, 9.17) is 9.47 Å². The van der Waals surface area contributed by atoms with Crippen LogP contribution in [0, 0.1) is 27.7 Å². The van der Waals surface area contributed by atoms with Crippen molar-refractivity contribution in [1.29, 1.82) is 0 Å². The first-order valence-corrected chi connectivity index (χ1v) is 10.1. The number of nitrogens with one attached hydrogen (secondary N) is 2. The maximum atomic E-state index is 12.4. The van der Waals surface area contributed by atoms with Gasteiger partial charge in [-0.1, -0.05) is 0 Å². The first-order chi connectivity index (χ1) is 14.3. The van der Waals surface area contributed by atoms with Crippen molar-refractivity contribution in [3.8, 4) is 0 Å². The molecule has 2 aromatic rings. The number of aryl methyl sites for hydroxylation is 2.